The first-order valence-electron chi connectivity index (χ1n) is 5.40. The number of aromatic nitrogens is 2. The van der Waals surface area contributed by atoms with Gasteiger partial charge in [0.2, 0.25) is 0 Å². The zero-order valence-corrected chi connectivity index (χ0v) is 9.95. The number of carbonyl (C=O) groups excluding carboxylic acids is 1. The van der Waals surface area contributed by atoms with Crippen LogP contribution in [0.15, 0.2) is 12.5 Å². The van der Waals surface area contributed by atoms with Crippen molar-refractivity contribution in [3.63, 3.8) is 0 Å². The Labute approximate surface area is 95.3 Å². The van der Waals surface area contributed by atoms with Gasteiger partial charge in [0.25, 0.3) is 5.91 Å². The van der Waals surface area contributed by atoms with Crippen LogP contribution in [0.4, 0.5) is 0 Å². The van der Waals surface area contributed by atoms with Crippen LogP contribution < -0.4 is 5.32 Å². The highest BCUT2D eigenvalue weighted by Gasteiger charge is 2.22. The Kier molecular flexibility index (Phi) is 4.06. The molecule has 3 N–H and O–H groups in total. The average Bonchev–Trinajstić information content (AvgIpc) is 2.64. The molecule has 1 unspecified atom stereocenters. The van der Waals surface area contributed by atoms with E-state index in [9.17, 15) is 9.90 Å². The lowest BCUT2D eigenvalue weighted by atomic mass is 9.94. The number of aliphatic hydroxyl groups is 1. The molecule has 0 aliphatic heterocycles. The first-order chi connectivity index (χ1) is 7.41. The van der Waals surface area contributed by atoms with Crippen LogP contribution in [0.1, 0.15) is 37.7 Å². The summed E-state index contributed by atoms with van der Waals surface area (Å²) in [6, 6.07) is 0. The van der Waals surface area contributed by atoms with Crippen LogP contribution >= 0.6 is 0 Å². The predicted molar refractivity (Wildman–Crippen MR) is 61.0 cm³/mol. The fraction of sp³-hybridized carbons (Fsp3) is 0.636. The van der Waals surface area contributed by atoms with E-state index in [4.69, 9.17) is 0 Å². The molecule has 5 nitrogen and oxygen atoms in total. The van der Waals surface area contributed by atoms with E-state index in [2.05, 4.69) is 15.3 Å². The van der Waals surface area contributed by atoms with Crippen LogP contribution in [0, 0.1) is 5.92 Å². The van der Waals surface area contributed by atoms with Crippen molar-refractivity contribution in [2.45, 2.75) is 32.8 Å². The number of rotatable bonds is 5. The molecule has 0 saturated heterocycles. The van der Waals surface area contributed by atoms with E-state index in [1.165, 1.54) is 12.5 Å². The number of imidazole rings is 1. The Morgan fingerprint density at radius 3 is 2.88 bits per heavy atom. The molecule has 0 bridgehead atoms. The molecule has 1 heterocycles. The molecule has 1 aromatic rings. The van der Waals surface area contributed by atoms with Crippen molar-refractivity contribution in [1.29, 1.82) is 0 Å². The van der Waals surface area contributed by atoms with Crippen molar-refractivity contribution in [2.24, 2.45) is 5.92 Å². The second kappa shape index (κ2) is 5.12. The Hall–Kier alpha value is -1.36. The van der Waals surface area contributed by atoms with Crippen molar-refractivity contribution in [1.82, 2.24) is 15.3 Å². The van der Waals surface area contributed by atoms with E-state index >= 15 is 0 Å². The van der Waals surface area contributed by atoms with Gasteiger partial charge in [0.1, 0.15) is 5.69 Å². The average molecular weight is 225 g/mol. The summed E-state index contributed by atoms with van der Waals surface area (Å²) in [5.41, 5.74) is -0.468. The summed E-state index contributed by atoms with van der Waals surface area (Å²) in [6.45, 7) is 6.03. The molecule has 1 atom stereocenters. The van der Waals surface area contributed by atoms with Crippen LogP contribution in [-0.2, 0) is 0 Å². The van der Waals surface area contributed by atoms with E-state index in [1.54, 1.807) is 6.92 Å². The van der Waals surface area contributed by atoms with Gasteiger partial charge in [-0.15, -0.1) is 0 Å². The van der Waals surface area contributed by atoms with Crippen molar-refractivity contribution >= 4 is 5.91 Å². The second-order valence-electron chi connectivity index (χ2n) is 4.74. The first-order valence-corrected chi connectivity index (χ1v) is 5.40. The van der Waals surface area contributed by atoms with Gasteiger partial charge in [-0.25, -0.2) is 4.98 Å². The molecule has 16 heavy (non-hydrogen) atoms. The summed E-state index contributed by atoms with van der Waals surface area (Å²) in [5, 5.41) is 12.7. The van der Waals surface area contributed by atoms with Gasteiger partial charge in [-0.2, -0.15) is 0 Å². The number of nitrogens with zero attached hydrogens (tertiary/aromatic N) is 1. The molecule has 0 radical (unpaired) electrons. The smallest absolute Gasteiger partial charge is 0.269 e. The summed E-state index contributed by atoms with van der Waals surface area (Å²) >= 11 is 0. The molecular weight excluding hydrogens is 206 g/mol. The lowest BCUT2D eigenvalue weighted by Gasteiger charge is -2.25. The van der Waals surface area contributed by atoms with Crippen LogP contribution in [0.25, 0.3) is 0 Å². The highest BCUT2D eigenvalue weighted by molar-refractivity contribution is 5.91. The molecule has 5 heteroatoms. The van der Waals surface area contributed by atoms with Crippen LogP contribution in [0.2, 0.25) is 0 Å². The van der Waals surface area contributed by atoms with Crippen LogP contribution in [-0.4, -0.2) is 33.1 Å². The fourth-order valence-corrected chi connectivity index (χ4v) is 1.70. The lowest BCUT2D eigenvalue weighted by Crippen LogP contribution is -2.41. The Bertz CT molecular complexity index is 331. The zero-order valence-electron chi connectivity index (χ0n) is 9.95. The zero-order chi connectivity index (χ0) is 12.2. The largest absolute Gasteiger partial charge is 0.388 e. The van der Waals surface area contributed by atoms with E-state index in [-0.39, 0.29) is 12.5 Å². The molecular formula is C11H19N3O2. The molecule has 0 aliphatic carbocycles. The van der Waals surface area contributed by atoms with E-state index in [0.717, 1.165) is 0 Å². The molecule has 1 amide bonds. The van der Waals surface area contributed by atoms with Gasteiger partial charge in [-0.05, 0) is 19.3 Å². The minimum absolute atomic E-state index is 0.239. The maximum absolute atomic E-state index is 11.5. The summed E-state index contributed by atoms with van der Waals surface area (Å²) in [4.78, 5) is 18.0. The van der Waals surface area contributed by atoms with Gasteiger partial charge in [0.15, 0.2) is 0 Å². The van der Waals surface area contributed by atoms with Gasteiger partial charge in [0.05, 0.1) is 18.1 Å². The number of nitrogens with one attached hydrogen (secondary N) is 2. The predicted octanol–water partition coefficient (Wildman–Crippen LogP) is 0.937. The molecule has 1 aromatic heterocycles. The summed E-state index contributed by atoms with van der Waals surface area (Å²) in [6.07, 6.45) is 3.55. The van der Waals surface area contributed by atoms with E-state index < -0.39 is 5.60 Å². The first kappa shape index (κ1) is 12.7. The van der Waals surface area contributed by atoms with E-state index in [1.807, 2.05) is 13.8 Å². The third-order valence-corrected chi connectivity index (χ3v) is 2.22. The molecule has 0 fully saturated rings. The van der Waals surface area contributed by atoms with Gasteiger partial charge < -0.3 is 15.4 Å². The van der Waals surface area contributed by atoms with Crippen molar-refractivity contribution in [3.05, 3.63) is 18.2 Å². The minimum Gasteiger partial charge on any atom is -0.388 e. The number of amides is 1. The monoisotopic (exact) mass is 225 g/mol. The quantitative estimate of drug-likeness (QED) is 0.697. The summed E-state index contributed by atoms with van der Waals surface area (Å²) in [7, 11) is 0. The maximum atomic E-state index is 11.5. The number of aromatic amines is 1. The maximum Gasteiger partial charge on any atom is 0.269 e. The number of hydrogen-bond acceptors (Lipinski definition) is 3. The van der Waals surface area contributed by atoms with Crippen LogP contribution in [0.3, 0.4) is 0 Å². The third-order valence-electron chi connectivity index (χ3n) is 2.22. The summed E-state index contributed by atoms with van der Waals surface area (Å²) < 4.78 is 0. The molecule has 0 spiro atoms. The number of carbonyl (C=O) groups is 1. The normalized spacial score (nSPS) is 14.8. The van der Waals surface area contributed by atoms with Crippen molar-refractivity contribution in [3.8, 4) is 0 Å². The van der Waals surface area contributed by atoms with Gasteiger partial charge in [-0.1, -0.05) is 13.8 Å². The number of hydrogen-bond donors (Lipinski definition) is 3. The van der Waals surface area contributed by atoms with Gasteiger partial charge in [-0.3, -0.25) is 4.79 Å². The highest BCUT2D eigenvalue weighted by atomic mass is 16.3. The van der Waals surface area contributed by atoms with E-state index in [0.29, 0.717) is 18.0 Å². The molecule has 90 valence electrons. The third kappa shape index (κ3) is 4.02. The fourth-order valence-electron chi connectivity index (χ4n) is 1.70. The highest BCUT2D eigenvalue weighted by Crippen LogP contribution is 2.15. The molecule has 0 aliphatic rings. The molecule has 0 aromatic carbocycles. The summed E-state index contributed by atoms with van der Waals surface area (Å²) in [5.74, 6) is 0.139. The van der Waals surface area contributed by atoms with Crippen molar-refractivity contribution in [2.75, 3.05) is 6.54 Å². The van der Waals surface area contributed by atoms with Crippen LogP contribution in [0.5, 0.6) is 0 Å². The Morgan fingerprint density at radius 2 is 2.38 bits per heavy atom. The SMILES string of the molecule is CC(C)CC(C)(O)CNC(=O)c1cnc[nH]1. The molecule has 0 saturated carbocycles. The topological polar surface area (TPSA) is 78.0 Å². The van der Waals surface area contributed by atoms with Gasteiger partial charge >= 0.3 is 0 Å². The Balaban J connectivity index is 2.42. The lowest BCUT2D eigenvalue weighted by molar-refractivity contribution is 0.0367. The van der Waals surface area contributed by atoms with Crippen molar-refractivity contribution < 1.29 is 9.90 Å². The molecule has 1 rings (SSSR count). The number of H-pyrrole nitrogens is 1. The van der Waals surface area contributed by atoms with Gasteiger partial charge in [0, 0.05) is 6.54 Å². The second-order valence-corrected chi connectivity index (χ2v) is 4.74. The minimum atomic E-state index is -0.871. The standard InChI is InChI=1S/C11H19N3O2/c1-8(2)4-11(3,16)6-13-10(15)9-5-12-7-14-9/h5,7-8,16H,4,6H2,1-3H3,(H,12,14)(H,13,15). The Morgan fingerprint density at radius 1 is 1.69 bits per heavy atom.